The number of carbonyl (C=O) groups is 1. The molecule has 0 saturated carbocycles. The van der Waals surface area contributed by atoms with Crippen LogP contribution in [0.4, 0.5) is 0 Å². The number of amides is 1. The van der Waals surface area contributed by atoms with Gasteiger partial charge in [-0.3, -0.25) is 9.89 Å². The van der Waals surface area contributed by atoms with Crippen molar-refractivity contribution in [2.45, 2.75) is 39.7 Å². The lowest BCUT2D eigenvalue weighted by atomic mass is 10.2. The summed E-state index contributed by atoms with van der Waals surface area (Å²) < 4.78 is 0. The van der Waals surface area contributed by atoms with E-state index in [1.165, 1.54) is 34.6 Å². The van der Waals surface area contributed by atoms with Crippen LogP contribution in [0.2, 0.25) is 0 Å². The lowest BCUT2D eigenvalue weighted by Crippen LogP contribution is -2.23. The van der Waals surface area contributed by atoms with Crippen LogP contribution in [0.15, 0.2) is 6.07 Å². The minimum absolute atomic E-state index is 0.0442. The molecule has 0 fully saturated rings. The molecule has 0 aliphatic heterocycles. The molecule has 0 saturated heterocycles. The highest BCUT2D eigenvalue weighted by Gasteiger charge is 2.17. The molecule has 100 valence electrons. The molecule has 0 radical (unpaired) electrons. The third-order valence-corrected chi connectivity index (χ3v) is 4.81. The summed E-state index contributed by atoms with van der Waals surface area (Å²) in [5, 5.41) is 9.87. The van der Waals surface area contributed by atoms with Gasteiger partial charge in [-0.1, -0.05) is 0 Å². The topological polar surface area (TPSA) is 57.8 Å². The van der Waals surface area contributed by atoms with E-state index in [4.69, 9.17) is 0 Å². The van der Waals surface area contributed by atoms with E-state index in [2.05, 4.69) is 21.6 Å². The van der Waals surface area contributed by atoms with E-state index in [1.54, 1.807) is 0 Å². The van der Waals surface area contributed by atoms with Crippen molar-refractivity contribution in [1.82, 2.24) is 15.5 Å². The van der Waals surface area contributed by atoms with Crippen LogP contribution in [0.25, 0.3) is 0 Å². The average molecular weight is 275 g/mol. The summed E-state index contributed by atoms with van der Waals surface area (Å²) >= 11 is 1.83. The van der Waals surface area contributed by atoms with Crippen molar-refractivity contribution in [3.8, 4) is 0 Å². The Morgan fingerprint density at radius 1 is 1.47 bits per heavy atom. The van der Waals surface area contributed by atoms with Crippen molar-refractivity contribution in [2.75, 3.05) is 0 Å². The van der Waals surface area contributed by atoms with E-state index in [-0.39, 0.29) is 5.91 Å². The van der Waals surface area contributed by atoms with Crippen LogP contribution in [0.5, 0.6) is 0 Å². The Morgan fingerprint density at radius 3 is 3.00 bits per heavy atom. The van der Waals surface area contributed by atoms with Crippen molar-refractivity contribution in [1.29, 1.82) is 0 Å². The van der Waals surface area contributed by atoms with Crippen molar-refractivity contribution in [3.05, 3.63) is 38.3 Å². The zero-order valence-corrected chi connectivity index (χ0v) is 12.0. The first-order valence-corrected chi connectivity index (χ1v) is 7.37. The van der Waals surface area contributed by atoms with Gasteiger partial charge in [0.25, 0.3) is 5.91 Å². The summed E-state index contributed by atoms with van der Waals surface area (Å²) in [5.74, 6) is -0.0442. The van der Waals surface area contributed by atoms with Crippen LogP contribution < -0.4 is 5.32 Å². The minimum atomic E-state index is -0.0442. The molecule has 0 atom stereocenters. The Balaban J connectivity index is 1.67. The first-order valence-electron chi connectivity index (χ1n) is 6.55. The van der Waals surface area contributed by atoms with Gasteiger partial charge in [0.2, 0.25) is 0 Å². The van der Waals surface area contributed by atoms with Crippen LogP contribution in [-0.4, -0.2) is 16.1 Å². The van der Waals surface area contributed by atoms with Crippen molar-refractivity contribution in [3.63, 3.8) is 0 Å². The SMILES string of the molecule is Cc1n[nH]c(C)c1C(=O)NCc1cc2c(s1)CCC2. The molecule has 2 aromatic heterocycles. The first kappa shape index (κ1) is 12.4. The van der Waals surface area contributed by atoms with Gasteiger partial charge in [-0.15, -0.1) is 11.3 Å². The number of nitrogens with one attached hydrogen (secondary N) is 2. The molecule has 2 N–H and O–H groups in total. The maximum atomic E-state index is 12.1. The number of H-pyrrole nitrogens is 1. The zero-order chi connectivity index (χ0) is 13.4. The second-order valence-electron chi connectivity index (χ2n) is 5.01. The molecule has 19 heavy (non-hydrogen) atoms. The fourth-order valence-electron chi connectivity index (χ4n) is 2.62. The summed E-state index contributed by atoms with van der Waals surface area (Å²) in [6.45, 7) is 4.33. The van der Waals surface area contributed by atoms with Gasteiger partial charge >= 0.3 is 0 Å². The maximum Gasteiger partial charge on any atom is 0.255 e. The molecular weight excluding hydrogens is 258 g/mol. The normalized spacial score (nSPS) is 13.6. The fourth-order valence-corrected chi connectivity index (χ4v) is 3.82. The van der Waals surface area contributed by atoms with Gasteiger partial charge in [-0.05, 0) is 44.7 Å². The van der Waals surface area contributed by atoms with Crippen LogP contribution in [0.1, 0.15) is 43.5 Å². The number of nitrogens with zero attached hydrogens (tertiary/aromatic N) is 1. The molecule has 0 bridgehead atoms. The number of aryl methyl sites for hydroxylation is 4. The number of hydrogen-bond donors (Lipinski definition) is 2. The number of aromatic nitrogens is 2. The molecule has 1 amide bonds. The average Bonchev–Trinajstić information content (AvgIpc) is 3.01. The summed E-state index contributed by atoms with van der Waals surface area (Å²) in [4.78, 5) is 14.9. The summed E-state index contributed by atoms with van der Waals surface area (Å²) in [6.07, 6.45) is 3.68. The largest absolute Gasteiger partial charge is 0.347 e. The van der Waals surface area contributed by atoms with E-state index < -0.39 is 0 Å². The van der Waals surface area contributed by atoms with Crippen molar-refractivity contribution in [2.24, 2.45) is 0 Å². The van der Waals surface area contributed by atoms with Gasteiger partial charge in [0.05, 0.1) is 17.8 Å². The van der Waals surface area contributed by atoms with Gasteiger partial charge < -0.3 is 5.32 Å². The Bertz CT molecular complexity index is 586. The summed E-state index contributed by atoms with van der Waals surface area (Å²) in [7, 11) is 0. The van der Waals surface area contributed by atoms with Gasteiger partial charge in [0.15, 0.2) is 0 Å². The van der Waals surface area contributed by atoms with E-state index in [9.17, 15) is 4.79 Å². The Morgan fingerprint density at radius 2 is 2.32 bits per heavy atom. The second-order valence-corrected chi connectivity index (χ2v) is 6.23. The molecular formula is C14H17N3OS. The molecule has 0 unspecified atom stereocenters. The zero-order valence-electron chi connectivity index (χ0n) is 11.2. The fraction of sp³-hybridized carbons (Fsp3) is 0.429. The van der Waals surface area contributed by atoms with E-state index in [1.807, 2.05) is 25.2 Å². The van der Waals surface area contributed by atoms with Gasteiger partial charge in [-0.25, -0.2) is 0 Å². The highest BCUT2D eigenvalue weighted by molar-refractivity contribution is 7.12. The highest BCUT2D eigenvalue weighted by Crippen LogP contribution is 2.30. The highest BCUT2D eigenvalue weighted by atomic mass is 32.1. The molecule has 1 aliphatic rings. The van der Waals surface area contributed by atoms with E-state index >= 15 is 0 Å². The number of aromatic amines is 1. The van der Waals surface area contributed by atoms with Gasteiger partial charge in [-0.2, -0.15) is 5.10 Å². The third kappa shape index (κ3) is 2.30. The van der Waals surface area contributed by atoms with Crippen molar-refractivity contribution < 1.29 is 4.79 Å². The molecule has 3 rings (SSSR count). The number of rotatable bonds is 3. The second kappa shape index (κ2) is 4.81. The molecule has 0 aromatic carbocycles. The lowest BCUT2D eigenvalue weighted by Gasteiger charge is -2.03. The Labute approximate surface area is 116 Å². The molecule has 2 aromatic rings. The maximum absolute atomic E-state index is 12.1. The monoisotopic (exact) mass is 275 g/mol. The smallest absolute Gasteiger partial charge is 0.255 e. The van der Waals surface area contributed by atoms with Crippen LogP contribution in [0, 0.1) is 13.8 Å². The van der Waals surface area contributed by atoms with Gasteiger partial charge in [0, 0.05) is 15.4 Å². The van der Waals surface area contributed by atoms with Crippen molar-refractivity contribution >= 4 is 17.2 Å². The van der Waals surface area contributed by atoms with Crippen LogP contribution >= 0.6 is 11.3 Å². The molecule has 2 heterocycles. The standard InChI is InChI=1S/C14H17N3OS/c1-8-13(9(2)17-16-8)14(18)15-7-11-6-10-4-3-5-12(10)19-11/h6H,3-5,7H2,1-2H3,(H,15,18)(H,16,17). The Hall–Kier alpha value is -1.62. The summed E-state index contributed by atoms with van der Waals surface area (Å²) in [5.41, 5.74) is 3.72. The predicted octanol–water partition coefficient (Wildman–Crippen LogP) is 2.51. The molecule has 1 aliphatic carbocycles. The number of thiophene rings is 1. The first-order chi connectivity index (χ1) is 9.15. The molecule has 4 nitrogen and oxygen atoms in total. The number of fused-ring (bicyclic) bond motifs is 1. The Kier molecular flexibility index (Phi) is 3.14. The summed E-state index contributed by atoms with van der Waals surface area (Å²) in [6, 6.07) is 2.24. The quantitative estimate of drug-likeness (QED) is 0.904. The van der Waals surface area contributed by atoms with E-state index in [0.29, 0.717) is 12.1 Å². The minimum Gasteiger partial charge on any atom is -0.347 e. The number of carbonyl (C=O) groups excluding carboxylic acids is 1. The van der Waals surface area contributed by atoms with E-state index in [0.717, 1.165) is 11.4 Å². The predicted molar refractivity (Wildman–Crippen MR) is 75.6 cm³/mol. The molecule has 5 heteroatoms. The third-order valence-electron chi connectivity index (χ3n) is 3.58. The number of hydrogen-bond acceptors (Lipinski definition) is 3. The molecule has 0 spiro atoms. The van der Waals surface area contributed by atoms with Crippen LogP contribution in [-0.2, 0) is 19.4 Å². The van der Waals surface area contributed by atoms with Gasteiger partial charge in [0.1, 0.15) is 0 Å². The lowest BCUT2D eigenvalue weighted by molar-refractivity contribution is 0.0950. The van der Waals surface area contributed by atoms with Crippen LogP contribution in [0.3, 0.4) is 0 Å².